The summed E-state index contributed by atoms with van der Waals surface area (Å²) < 4.78 is 0. The second-order valence-corrected chi connectivity index (χ2v) is 6.11. The first-order chi connectivity index (χ1) is 10.1. The zero-order valence-electron chi connectivity index (χ0n) is 13.0. The number of hydrogen-bond donors (Lipinski definition) is 1. The molecule has 0 spiro atoms. The molecule has 0 aromatic heterocycles. The van der Waals surface area contributed by atoms with Crippen molar-refractivity contribution in [2.45, 2.75) is 64.5 Å². The lowest BCUT2D eigenvalue weighted by atomic mass is 9.84. The van der Waals surface area contributed by atoms with E-state index in [9.17, 15) is 10.1 Å². The van der Waals surface area contributed by atoms with Crippen LogP contribution in [-0.4, -0.2) is 11.0 Å². The Morgan fingerprint density at radius 3 is 2.57 bits per heavy atom. The fraction of sp³-hybridized carbons (Fsp3) is 0.647. The number of hydrogen-bond acceptors (Lipinski definition) is 3. The zero-order valence-corrected chi connectivity index (χ0v) is 13.0. The smallest absolute Gasteiger partial charge is 0.269 e. The largest absolute Gasteiger partial charge is 0.307 e. The average Bonchev–Trinajstić information content (AvgIpc) is 2.53. The predicted molar refractivity (Wildman–Crippen MR) is 85.3 cm³/mol. The van der Waals surface area contributed by atoms with Crippen LogP contribution in [0.4, 0.5) is 5.69 Å². The number of nitro groups is 1. The first-order valence-corrected chi connectivity index (χ1v) is 8.14. The van der Waals surface area contributed by atoms with Gasteiger partial charge in [0, 0.05) is 24.2 Å². The van der Waals surface area contributed by atoms with Gasteiger partial charge in [0.25, 0.3) is 5.69 Å². The molecule has 21 heavy (non-hydrogen) atoms. The van der Waals surface area contributed by atoms with E-state index in [-0.39, 0.29) is 16.7 Å². The zero-order chi connectivity index (χ0) is 15.2. The average molecular weight is 290 g/mol. The van der Waals surface area contributed by atoms with Gasteiger partial charge in [-0.25, -0.2) is 0 Å². The van der Waals surface area contributed by atoms with Crippen molar-refractivity contribution in [2.75, 3.05) is 0 Å². The molecule has 1 aliphatic carbocycles. The maximum Gasteiger partial charge on any atom is 0.269 e. The highest BCUT2D eigenvalue weighted by atomic mass is 16.6. The van der Waals surface area contributed by atoms with Gasteiger partial charge in [-0.3, -0.25) is 10.1 Å². The molecule has 1 saturated carbocycles. The molecule has 1 N–H and O–H groups in total. The summed E-state index contributed by atoms with van der Waals surface area (Å²) in [5, 5.41) is 14.6. The summed E-state index contributed by atoms with van der Waals surface area (Å²) in [6, 6.07) is 7.81. The van der Waals surface area contributed by atoms with E-state index in [0.717, 1.165) is 17.9 Å². The quantitative estimate of drug-likeness (QED) is 0.615. The Labute approximate surface area is 127 Å². The van der Waals surface area contributed by atoms with Crippen molar-refractivity contribution < 1.29 is 4.92 Å². The van der Waals surface area contributed by atoms with Gasteiger partial charge >= 0.3 is 0 Å². The van der Waals surface area contributed by atoms with Gasteiger partial charge < -0.3 is 5.32 Å². The van der Waals surface area contributed by atoms with E-state index in [1.807, 2.05) is 6.07 Å². The van der Waals surface area contributed by atoms with Crippen LogP contribution in [0.25, 0.3) is 0 Å². The number of nitro benzene ring substituents is 1. The lowest BCUT2D eigenvalue weighted by Crippen LogP contribution is -2.35. The molecule has 1 fully saturated rings. The predicted octanol–water partition coefficient (Wildman–Crippen LogP) is 4.60. The summed E-state index contributed by atoms with van der Waals surface area (Å²) in [4.78, 5) is 10.6. The Bertz CT molecular complexity index is 468. The van der Waals surface area contributed by atoms with Crippen molar-refractivity contribution >= 4 is 5.69 Å². The molecule has 2 rings (SSSR count). The standard InChI is InChI=1S/C17H26N2O2/c1-3-13-8-10-15(11-9-13)18-17(4-2)14-6-5-7-16(12-14)19(20)21/h5-7,12-13,15,17-18H,3-4,8-11H2,1-2H3. The van der Waals surface area contributed by atoms with Crippen molar-refractivity contribution in [3.8, 4) is 0 Å². The summed E-state index contributed by atoms with van der Waals surface area (Å²) >= 11 is 0. The van der Waals surface area contributed by atoms with Crippen LogP contribution in [-0.2, 0) is 0 Å². The topological polar surface area (TPSA) is 55.2 Å². The van der Waals surface area contributed by atoms with Crippen LogP contribution in [0.2, 0.25) is 0 Å². The maximum absolute atomic E-state index is 10.9. The van der Waals surface area contributed by atoms with Crippen LogP contribution < -0.4 is 5.32 Å². The van der Waals surface area contributed by atoms with E-state index < -0.39 is 0 Å². The summed E-state index contributed by atoms with van der Waals surface area (Å²) in [6.45, 7) is 4.41. The molecule has 1 aromatic rings. The molecule has 1 atom stereocenters. The molecule has 0 heterocycles. The Kier molecular flexibility index (Phi) is 5.74. The van der Waals surface area contributed by atoms with E-state index in [4.69, 9.17) is 0 Å². The number of benzene rings is 1. The number of non-ortho nitro benzene ring substituents is 1. The maximum atomic E-state index is 10.9. The van der Waals surface area contributed by atoms with Gasteiger partial charge in [0.1, 0.15) is 0 Å². The SMILES string of the molecule is CCC1CCC(NC(CC)c2cccc([N+](=O)[O-])c2)CC1. The Morgan fingerprint density at radius 1 is 1.29 bits per heavy atom. The molecule has 0 bridgehead atoms. The summed E-state index contributed by atoms with van der Waals surface area (Å²) in [6.07, 6.45) is 7.30. The molecule has 0 amide bonds. The molecule has 1 aliphatic rings. The van der Waals surface area contributed by atoms with Crippen molar-refractivity contribution in [1.82, 2.24) is 5.32 Å². The van der Waals surface area contributed by atoms with Gasteiger partial charge in [-0.05, 0) is 43.6 Å². The van der Waals surface area contributed by atoms with Gasteiger partial charge in [0.05, 0.1) is 4.92 Å². The van der Waals surface area contributed by atoms with Crippen LogP contribution in [0, 0.1) is 16.0 Å². The molecule has 116 valence electrons. The molecule has 4 heteroatoms. The minimum atomic E-state index is -0.317. The third-order valence-electron chi connectivity index (χ3n) is 4.75. The van der Waals surface area contributed by atoms with Gasteiger partial charge in [-0.2, -0.15) is 0 Å². The molecule has 1 unspecified atom stereocenters. The fourth-order valence-corrected chi connectivity index (χ4v) is 3.33. The highest BCUT2D eigenvalue weighted by Gasteiger charge is 2.23. The van der Waals surface area contributed by atoms with Crippen molar-refractivity contribution in [1.29, 1.82) is 0 Å². The molecule has 0 aliphatic heterocycles. The van der Waals surface area contributed by atoms with Crippen LogP contribution in [0.5, 0.6) is 0 Å². The summed E-state index contributed by atoms with van der Waals surface area (Å²) in [5.41, 5.74) is 1.21. The van der Waals surface area contributed by atoms with E-state index in [1.54, 1.807) is 18.2 Å². The summed E-state index contributed by atoms with van der Waals surface area (Å²) in [7, 11) is 0. The molecular formula is C17H26N2O2. The van der Waals surface area contributed by atoms with E-state index in [2.05, 4.69) is 19.2 Å². The first kappa shape index (κ1) is 16.0. The molecule has 0 radical (unpaired) electrons. The van der Waals surface area contributed by atoms with E-state index in [1.165, 1.54) is 32.1 Å². The normalized spacial score (nSPS) is 23.7. The highest BCUT2D eigenvalue weighted by molar-refractivity contribution is 5.35. The van der Waals surface area contributed by atoms with E-state index >= 15 is 0 Å². The molecule has 1 aromatic carbocycles. The molecule has 0 saturated heterocycles. The molecule has 4 nitrogen and oxygen atoms in total. The first-order valence-electron chi connectivity index (χ1n) is 8.14. The minimum Gasteiger partial charge on any atom is -0.307 e. The monoisotopic (exact) mass is 290 g/mol. The van der Waals surface area contributed by atoms with Gasteiger partial charge in [-0.15, -0.1) is 0 Å². The molecular weight excluding hydrogens is 264 g/mol. The van der Waals surface area contributed by atoms with Gasteiger partial charge in [0.15, 0.2) is 0 Å². The highest BCUT2D eigenvalue weighted by Crippen LogP contribution is 2.29. The van der Waals surface area contributed by atoms with Crippen molar-refractivity contribution in [3.63, 3.8) is 0 Å². The minimum absolute atomic E-state index is 0.183. The van der Waals surface area contributed by atoms with E-state index in [0.29, 0.717) is 6.04 Å². The second kappa shape index (κ2) is 7.55. The van der Waals surface area contributed by atoms with Crippen LogP contribution in [0.1, 0.15) is 64.0 Å². The number of rotatable bonds is 6. The number of nitrogens with zero attached hydrogens (tertiary/aromatic N) is 1. The van der Waals surface area contributed by atoms with Crippen molar-refractivity contribution in [3.05, 3.63) is 39.9 Å². The van der Waals surface area contributed by atoms with Gasteiger partial charge in [0.2, 0.25) is 0 Å². The van der Waals surface area contributed by atoms with Gasteiger partial charge in [-0.1, -0.05) is 32.4 Å². The van der Waals surface area contributed by atoms with Crippen LogP contribution in [0.15, 0.2) is 24.3 Å². The Balaban J connectivity index is 2.00. The number of nitrogens with one attached hydrogen (secondary N) is 1. The third-order valence-corrected chi connectivity index (χ3v) is 4.75. The van der Waals surface area contributed by atoms with Crippen molar-refractivity contribution in [2.24, 2.45) is 5.92 Å². The third kappa shape index (κ3) is 4.27. The van der Waals surface area contributed by atoms with Crippen LogP contribution >= 0.6 is 0 Å². The summed E-state index contributed by atoms with van der Waals surface area (Å²) in [5.74, 6) is 0.890. The van der Waals surface area contributed by atoms with Crippen LogP contribution in [0.3, 0.4) is 0 Å². The Hall–Kier alpha value is -1.42. The lowest BCUT2D eigenvalue weighted by molar-refractivity contribution is -0.384. The second-order valence-electron chi connectivity index (χ2n) is 6.11. The fourth-order valence-electron chi connectivity index (χ4n) is 3.33. The Morgan fingerprint density at radius 2 is 2.00 bits per heavy atom. The lowest BCUT2D eigenvalue weighted by Gasteiger charge is -2.31.